The molecule has 142 valence electrons. The van der Waals surface area contributed by atoms with Gasteiger partial charge in [0, 0.05) is 18.7 Å². The Hall–Kier alpha value is -1.66. The Morgan fingerprint density at radius 1 is 1.31 bits per heavy atom. The summed E-state index contributed by atoms with van der Waals surface area (Å²) in [7, 11) is 1.51. The number of ether oxygens (including phenoxy) is 1. The summed E-state index contributed by atoms with van der Waals surface area (Å²) in [5, 5.41) is 3.48. The minimum absolute atomic E-state index is 0. The molecule has 2 rings (SSSR count). The van der Waals surface area contributed by atoms with Crippen LogP contribution in [0.15, 0.2) is 42.5 Å². The maximum Gasteiger partial charge on any atom is 0.223 e. The van der Waals surface area contributed by atoms with E-state index in [0.29, 0.717) is 10.6 Å². The van der Waals surface area contributed by atoms with Gasteiger partial charge in [0.15, 0.2) is 0 Å². The van der Waals surface area contributed by atoms with Crippen molar-refractivity contribution in [3.8, 4) is 0 Å². The summed E-state index contributed by atoms with van der Waals surface area (Å²) in [4.78, 5) is 12.4. The highest BCUT2D eigenvalue weighted by atomic mass is 35.5. The molecule has 2 unspecified atom stereocenters. The molecule has 0 fully saturated rings. The lowest BCUT2D eigenvalue weighted by Gasteiger charge is -2.22. The Kier molecular flexibility index (Phi) is 9.02. The first kappa shape index (κ1) is 22.4. The molecule has 0 saturated carbocycles. The van der Waals surface area contributed by atoms with Crippen LogP contribution in [0.2, 0.25) is 5.02 Å². The lowest BCUT2D eigenvalue weighted by Crippen LogP contribution is -2.35. The molecule has 1 amide bonds. The zero-order valence-corrected chi connectivity index (χ0v) is 16.2. The van der Waals surface area contributed by atoms with E-state index in [-0.39, 0.29) is 43.2 Å². The van der Waals surface area contributed by atoms with Crippen LogP contribution < -0.4 is 11.1 Å². The third kappa shape index (κ3) is 5.68. The zero-order chi connectivity index (χ0) is 18.4. The molecule has 0 saturated heterocycles. The van der Waals surface area contributed by atoms with Crippen LogP contribution in [0.3, 0.4) is 0 Å². The van der Waals surface area contributed by atoms with E-state index >= 15 is 0 Å². The van der Waals surface area contributed by atoms with Crippen molar-refractivity contribution in [1.82, 2.24) is 5.32 Å². The molecule has 0 aliphatic rings. The summed E-state index contributed by atoms with van der Waals surface area (Å²) in [6, 6.07) is 11.5. The molecule has 0 heterocycles. The summed E-state index contributed by atoms with van der Waals surface area (Å²) < 4.78 is 18.8. The molecule has 2 atom stereocenters. The predicted octanol–water partition coefficient (Wildman–Crippen LogP) is 3.78. The van der Waals surface area contributed by atoms with Crippen molar-refractivity contribution in [2.45, 2.75) is 25.5 Å². The van der Waals surface area contributed by atoms with Gasteiger partial charge in [0.25, 0.3) is 0 Å². The molecule has 0 spiro atoms. The van der Waals surface area contributed by atoms with E-state index in [1.165, 1.54) is 13.2 Å². The van der Waals surface area contributed by atoms with Crippen molar-refractivity contribution in [1.29, 1.82) is 0 Å². The molecule has 0 aromatic heterocycles. The first-order valence-corrected chi connectivity index (χ1v) is 8.36. The molecule has 0 radical (unpaired) electrons. The molecule has 26 heavy (non-hydrogen) atoms. The lowest BCUT2D eigenvalue weighted by molar-refractivity contribution is -0.123. The van der Waals surface area contributed by atoms with Gasteiger partial charge in [0.2, 0.25) is 5.91 Å². The number of carbonyl (C=O) groups excluding carboxylic acids is 1. The largest absolute Gasteiger partial charge is 0.380 e. The molecular weight excluding hydrogens is 378 g/mol. The van der Waals surface area contributed by atoms with Crippen LogP contribution in [0.1, 0.15) is 29.2 Å². The lowest BCUT2D eigenvalue weighted by atomic mass is 9.96. The third-order valence-electron chi connectivity index (χ3n) is 4.05. The van der Waals surface area contributed by atoms with Crippen molar-refractivity contribution in [3.05, 3.63) is 70.0 Å². The number of carbonyl (C=O) groups is 1. The van der Waals surface area contributed by atoms with E-state index in [9.17, 15) is 9.18 Å². The first-order chi connectivity index (χ1) is 12.0. The first-order valence-electron chi connectivity index (χ1n) is 7.99. The van der Waals surface area contributed by atoms with Gasteiger partial charge < -0.3 is 15.8 Å². The average Bonchev–Trinajstić information content (AvgIpc) is 2.61. The molecule has 2 aromatic rings. The number of aryl methyl sites for hydroxylation is 1. The van der Waals surface area contributed by atoms with Gasteiger partial charge in [-0.05, 0) is 35.7 Å². The number of nitrogens with two attached hydrogens (primary N) is 1. The SMILES string of the molecule is COC(CN)CC(=O)NC(c1ccc(F)c(C)c1)c1ccccc1Cl.Cl. The van der Waals surface area contributed by atoms with Crippen molar-refractivity contribution in [2.75, 3.05) is 13.7 Å². The summed E-state index contributed by atoms with van der Waals surface area (Å²) in [5.74, 6) is -0.514. The van der Waals surface area contributed by atoms with E-state index in [2.05, 4.69) is 5.32 Å². The van der Waals surface area contributed by atoms with Gasteiger partial charge in [0.05, 0.1) is 18.6 Å². The molecule has 0 bridgehead atoms. The van der Waals surface area contributed by atoms with Crippen LogP contribution >= 0.6 is 24.0 Å². The monoisotopic (exact) mass is 400 g/mol. The smallest absolute Gasteiger partial charge is 0.223 e. The quantitative estimate of drug-likeness (QED) is 0.742. The number of benzene rings is 2. The number of rotatable bonds is 7. The molecule has 2 aromatic carbocycles. The molecule has 3 N–H and O–H groups in total. The number of amides is 1. The van der Waals surface area contributed by atoms with Crippen molar-refractivity contribution in [3.63, 3.8) is 0 Å². The van der Waals surface area contributed by atoms with E-state index < -0.39 is 6.04 Å². The Balaban J connectivity index is 0.00000338. The molecular formula is C19H23Cl2FN2O2. The minimum Gasteiger partial charge on any atom is -0.380 e. The number of hydrogen-bond donors (Lipinski definition) is 2. The summed E-state index contributed by atoms with van der Waals surface area (Å²) in [5.41, 5.74) is 7.57. The van der Waals surface area contributed by atoms with Crippen LogP contribution in [0, 0.1) is 12.7 Å². The summed E-state index contributed by atoms with van der Waals surface area (Å²) >= 11 is 6.31. The predicted molar refractivity (Wildman–Crippen MR) is 104 cm³/mol. The second kappa shape index (κ2) is 10.5. The highest BCUT2D eigenvalue weighted by molar-refractivity contribution is 6.31. The normalized spacial score (nSPS) is 12.8. The Labute approximate surface area is 164 Å². The highest BCUT2D eigenvalue weighted by Crippen LogP contribution is 2.29. The van der Waals surface area contributed by atoms with Gasteiger partial charge in [0.1, 0.15) is 5.82 Å². The number of nitrogens with one attached hydrogen (secondary N) is 1. The standard InChI is InChI=1S/C19H22ClFN2O2.ClH/c1-12-9-13(7-8-17(12)21)19(15-5-3-4-6-16(15)20)23-18(24)10-14(11-22)25-2;/h3-9,14,19H,10-11,22H2,1-2H3,(H,23,24);1H. The van der Waals surface area contributed by atoms with Gasteiger partial charge in [-0.25, -0.2) is 4.39 Å². The summed E-state index contributed by atoms with van der Waals surface area (Å²) in [6.07, 6.45) is -0.226. The fourth-order valence-electron chi connectivity index (χ4n) is 2.59. The van der Waals surface area contributed by atoms with E-state index in [1.54, 1.807) is 25.1 Å². The van der Waals surface area contributed by atoms with Gasteiger partial charge in [-0.1, -0.05) is 41.9 Å². The number of methoxy groups -OCH3 is 1. The molecule has 0 aliphatic carbocycles. The second-order valence-corrected chi connectivity index (χ2v) is 6.24. The maximum atomic E-state index is 13.6. The fourth-order valence-corrected chi connectivity index (χ4v) is 2.83. The Morgan fingerprint density at radius 3 is 2.58 bits per heavy atom. The number of halogens is 3. The average molecular weight is 401 g/mol. The van der Waals surface area contributed by atoms with Crippen LogP contribution in [0.25, 0.3) is 0 Å². The number of hydrogen-bond acceptors (Lipinski definition) is 3. The molecule has 4 nitrogen and oxygen atoms in total. The van der Waals surface area contributed by atoms with E-state index in [1.807, 2.05) is 18.2 Å². The third-order valence-corrected chi connectivity index (χ3v) is 4.39. The van der Waals surface area contributed by atoms with Crippen molar-refractivity contribution < 1.29 is 13.9 Å². The molecule has 0 aliphatic heterocycles. The van der Waals surface area contributed by atoms with E-state index in [0.717, 1.165) is 11.1 Å². The van der Waals surface area contributed by atoms with Gasteiger partial charge in [-0.2, -0.15) is 0 Å². The Morgan fingerprint density at radius 2 is 2.00 bits per heavy atom. The van der Waals surface area contributed by atoms with Crippen molar-refractivity contribution >= 4 is 29.9 Å². The minimum atomic E-state index is -0.490. The fraction of sp³-hybridized carbons (Fsp3) is 0.316. The van der Waals surface area contributed by atoms with Crippen LogP contribution in [0.4, 0.5) is 4.39 Å². The zero-order valence-electron chi connectivity index (χ0n) is 14.7. The van der Waals surface area contributed by atoms with Crippen molar-refractivity contribution in [2.24, 2.45) is 5.73 Å². The van der Waals surface area contributed by atoms with E-state index in [4.69, 9.17) is 22.1 Å². The highest BCUT2D eigenvalue weighted by Gasteiger charge is 2.21. The van der Waals surface area contributed by atoms with Gasteiger partial charge in [-0.15, -0.1) is 12.4 Å². The Bertz CT molecular complexity index is 739. The van der Waals surface area contributed by atoms with Crippen LogP contribution in [-0.4, -0.2) is 25.7 Å². The second-order valence-electron chi connectivity index (χ2n) is 5.83. The summed E-state index contributed by atoms with van der Waals surface area (Å²) in [6.45, 7) is 1.93. The van der Waals surface area contributed by atoms with Crippen LogP contribution in [0.5, 0.6) is 0 Å². The maximum absolute atomic E-state index is 13.6. The van der Waals surface area contributed by atoms with Gasteiger partial charge in [-0.3, -0.25) is 4.79 Å². The molecule has 7 heteroatoms. The topological polar surface area (TPSA) is 64.3 Å². The van der Waals surface area contributed by atoms with Gasteiger partial charge >= 0.3 is 0 Å². The van der Waals surface area contributed by atoms with Crippen LogP contribution in [-0.2, 0) is 9.53 Å².